The number of nitriles is 1. The second-order valence-corrected chi connectivity index (χ2v) is 9.63. The van der Waals surface area contributed by atoms with Crippen LogP contribution in [0.5, 0.6) is 0 Å². The van der Waals surface area contributed by atoms with Crippen LogP contribution in [0.4, 0.5) is 10.5 Å². The van der Waals surface area contributed by atoms with Crippen molar-refractivity contribution in [2.75, 3.05) is 18.0 Å². The van der Waals surface area contributed by atoms with Gasteiger partial charge in [-0.3, -0.25) is 9.13 Å². The van der Waals surface area contributed by atoms with Gasteiger partial charge in [-0.1, -0.05) is 18.2 Å². The van der Waals surface area contributed by atoms with E-state index in [1.54, 1.807) is 23.9 Å². The Hall–Kier alpha value is -3.80. The van der Waals surface area contributed by atoms with Crippen molar-refractivity contribution in [2.45, 2.75) is 51.8 Å². The predicted molar refractivity (Wildman–Crippen MR) is 130 cm³/mol. The molecule has 0 radical (unpaired) electrons. The molecule has 4 rings (SSSR count). The molecule has 1 saturated heterocycles. The quantitative estimate of drug-likeness (QED) is 0.639. The third-order valence-electron chi connectivity index (χ3n) is 5.94. The number of pyridine rings is 1. The molecule has 0 aliphatic carbocycles. The van der Waals surface area contributed by atoms with Crippen molar-refractivity contribution in [1.82, 2.24) is 19.4 Å². The van der Waals surface area contributed by atoms with Crippen LogP contribution < -0.4 is 15.9 Å². The Labute approximate surface area is 198 Å². The molecule has 2 aromatic heterocycles. The number of carbonyl (C=O) groups excluding carboxylic acids is 1. The summed E-state index contributed by atoms with van der Waals surface area (Å²) in [6.45, 7) is 7.18. The summed E-state index contributed by atoms with van der Waals surface area (Å²) in [4.78, 5) is 32.1. The molecule has 1 aliphatic rings. The second-order valence-electron chi connectivity index (χ2n) is 9.63. The van der Waals surface area contributed by atoms with Crippen molar-refractivity contribution in [3.05, 3.63) is 58.1 Å². The van der Waals surface area contributed by atoms with Crippen LogP contribution in [0.25, 0.3) is 11.2 Å². The lowest BCUT2D eigenvalue weighted by Gasteiger charge is -2.35. The van der Waals surface area contributed by atoms with Gasteiger partial charge in [0.2, 0.25) is 0 Å². The maximum Gasteiger partial charge on any atom is 0.407 e. The third-order valence-corrected chi connectivity index (χ3v) is 5.94. The van der Waals surface area contributed by atoms with Gasteiger partial charge in [0.1, 0.15) is 11.1 Å². The van der Waals surface area contributed by atoms with Crippen LogP contribution >= 0.6 is 0 Å². The van der Waals surface area contributed by atoms with E-state index in [2.05, 4.69) is 21.3 Å². The number of anilines is 1. The minimum atomic E-state index is -0.560. The normalized spacial score (nSPS) is 16.3. The summed E-state index contributed by atoms with van der Waals surface area (Å²) < 4.78 is 8.64. The van der Waals surface area contributed by atoms with Crippen LogP contribution in [-0.4, -0.2) is 44.9 Å². The molecule has 1 amide bonds. The Kier molecular flexibility index (Phi) is 6.33. The summed E-state index contributed by atoms with van der Waals surface area (Å²) >= 11 is 0. The van der Waals surface area contributed by atoms with Crippen LogP contribution in [0.2, 0.25) is 0 Å². The average Bonchev–Trinajstić information content (AvgIpc) is 3.03. The molecule has 1 aliphatic heterocycles. The number of aromatic nitrogens is 3. The number of ether oxygens (including phenoxy) is 1. The number of aryl methyl sites for hydroxylation is 1. The van der Waals surface area contributed by atoms with E-state index in [1.165, 1.54) is 4.57 Å². The molecule has 178 valence electrons. The SMILES string of the molecule is Cn1c(=O)n(Cc2ccccc2C#N)c2c(N3CCC[C@@H](NC(=O)OC(C)(C)C)C3)ccnc21. The number of nitrogens with one attached hydrogen (secondary N) is 1. The number of amides is 1. The highest BCUT2D eigenvalue weighted by atomic mass is 16.6. The van der Waals surface area contributed by atoms with Gasteiger partial charge in [0.25, 0.3) is 0 Å². The number of hydrogen-bond donors (Lipinski definition) is 1. The molecule has 0 saturated carbocycles. The lowest BCUT2D eigenvalue weighted by Crippen LogP contribution is -2.49. The van der Waals surface area contributed by atoms with E-state index >= 15 is 0 Å². The zero-order valence-corrected chi connectivity index (χ0v) is 20.0. The number of hydrogen-bond acceptors (Lipinski definition) is 6. The standard InChI is InChI=1S/C25H30N6O3/c1-25(2,3)34-23(32)28-19-10-7-13-30(16-19)20-11-12-27-22-21(20)31(24(33)29(22)4)15-18-9-6-5-8-17(18)14-26/h5-6,8-9,11-12,19H,7,10,13,15-16H2,1-4H3,(H,28,32)/t19-/m1/s1. The molecule has 9 nitrogen and oxygen atoms in total. The zero-order chi connectivity index (χ0) is 24.5. The van der Waals surface area contributed by atoms with Crippen LogP contribution in [0.3, 0.4) is 0 Å². The topological polar surface area (TPSA) is 105 Å². The van der Waals surface area contributed by atoms with Gasteiger partial charge >= 0.3 is 11.8 Å². The van der Waals surface area contributed by atoms with Gasteiger partial charge in [0.15, 0.2) is 5.65 Å². The lowest BCUT2D eigenvalue weighted by atomic mass is 10.0. The third kappa shape index (κ3) is 4.76. The molecular formula is C25H30N6O3. The molecule has 3 heterocycles. The first-order valence-electron chi connectivity index (χ1n) is 11.4. The van der Waals surface area contributed by atoms with Crippen molar-refractivity contribution in [1.29, 1.82) is 5.26 Å². The predicted octanol–water partition coefficient (Wildman–Crippen LogP) is 3.15. The molecule has 0 bridgehead atoms. The Balaban J connectivity index is 1.68. The maximum absolute atomic E-state index is 13.2. The number of piperidine rings is 1. The molecule has 9 heteroatoms. The van der Waals surface area contributed by atoms with Crippen LogP contribution in [-0.2, 0) is 18.3 Å². The molecule has 1 aromatic carbocycles. The molecule has 0 unspecified atom stereocenters. The summed E-state index contributed by atoms with van der Waals surface area (Å²) in [5, 5.41) is 12.5. The highest BCUT2D eigenvalue weighted by molar-refractivity contribution is 5.87. The molecular weight excluding hydrogens is 432 g/mol. The molecule has 0 spiro atoms. The van der Waals surface area contributed by atoms with Gasteiger partial charge in [0.05, 0.1) is 23.9 Å². The van der Waals surface area contributed by atoms with E-state index in [4.69, 9.17) is 4.74 Å². The highest BCUT2D eigenvalue weighted by Crippen LogP contribution is 2.28. The van der Waals surface area contributed by atoms with E-state index in [-0.39, 0.29) is 18.3 Å². The first kappa shape index (κ1) is 23.4. The van der Waals surface area contributed by atoms with Gasteiger partial charge in [-0.2, -0.15) is 5.26 Å². The van der Waals surface area contributed by atoms with Gasteiger partial charge in [-0.15, -0.1) is 0 Å². The van der Waals surface area contributed by atoms with E-state index in [0.29, 0.717) is 17.8 Å². The smallest absolute Gasteiger partial charge is 0.407 e. The Morgan fingerprint density at radius 1 is 1.29 bits per heavy atom. The van der Waals surface area contributed by atoms with Gasteiger partial charge < -0.3 is 15.0 Å². The number of benzene rings is 1. The summed E-state index contributed by atoms with van der Waals surface area (Å²) in [6, 6.07) is 11.3. The highest BCUT2D eigenvalue weighted by Gasteiger charge is 2.27. The molecule has 1 N–H and O–H groups in total. The summed E-state index contributed by atoms with van der Waals surface area (Å²) in [5.41, 5.74) is 2.75. The van der Waals surface area contributed by atoms with Crippen molar-refractivity contribution in [3.63, 3.8) is 0 Å². The molecule has 3 aromatic rings. The number of alkyl carbamates (subject to hydrolysis) is 1. The molecule has 34 heavy (non-hydrogen) atoms. The van der Waals surface area contributed by atoms with Gasteiger partial charge in [-0.05, 0) is 51.3 Å². The Morgan fingerprint density at radius 3 is 2.79 bits per heavy atom. The summed E-state index contributed by atoms with van der Waals surface area (Å²) in [5.74, 6) is 0. The van der Waals surface area contributed by atoms with Crippen LogP contribution in [0.15, 0.2) is 41.3 Å². The van der Waals surface area contributed by atoms with E-state index in [1.807, 2.05) is 45.0 Å². The fourth-order valence-corrected chi connectivity index (χ4v) is 4.43. The van der Waals surface area contributed by atoms with Crippen molar-refractivity contribution >= 4 is 22.9 Å². The first-order chi connectivity index (χ1) is 16.2. The number of carbonyl (C=O) groups is 1. The number of rotatable bonds is 4. The Morgan fingerprint density at radius 2 is 2.06 bits per heavy atom. The van der Waals surface area contributed by atoms with E-state index < -0.39 is 11.7 Å². The maximum atomic E-state index is 13.2. The molecule has 1 atom stereocenters. The lowest BCUT2D eigenvalue weighted by molar-refractivity contribution is 0.0500. The van der Waals surface area contributed by atoms with E-state index in [9.17, 15) is 14.9 Å². The van der Waals surface area contributed by atoms with Crippen molar-refractivity contribution in [3.8, 4) is 6.07 Å². The molecule has 1 fully saturated rings. The van der Waals surface area contributed by atoms with Gasteiger partial charge in [-0.25, -0.2) is 14.6 Å². The largest absolute Gasteiger partial charge is 0.444 e. The minimum absolute atomic E-state index is 0.0741. The summed E-state index contributed by atoms with van der Waals surface area (Å²) in [7, 11) is 1.71. The number of imidazole rings is 1. The van der Waals surface area contributed by atoms with Gasteiger partial charge in [0, 0.05) is 32.4 Å². The average molecular weight is 463 g/mol. The Bertz CT molecular complexity index is 1310. The minimum Gasteiger partial charge on any atom is -0.444 e. The fourth-order valence-electron chi connectivity index (χ4n) is 4.43. The first-order valence-corrected chi connectivity index (χ1v) is 11.4. The summed E-state index contributed by atoms with van der Waals surface area (Å²) in [6.07, 6.45) is 3.01. The van der Waals surface area contributed by atoms with Crippen LogP contribution in [0.1, 0.15) is 44.7 Å². The van der Waals surface area contributed by atoms with Crippen molar-refractivity contribution < 1.29 is 9.53 Å². The van der Waals surface area contributed by atoms with Crippen molar-refractivity contribution in [2.24, 2.45) is 7.05 Å². The fraction of sp³-hybridized carbons (Fsp3) is 0.440. The van der Waals surface area contributed by atoms with Crippen LogP contribution in [0, 0.1) is 11.3 Å². The number of fused-ring (bicyclic) bond motifs is 1. The van der Waals surface area contributed by atoms with E-state index in [0.717, 1.165) is 36.2 Å². The zero-order valence-electron chi connectivity index (χ0n) is 20.0. The second kappa shape index (κ2) is 9.21. The number of nitrogens with zero attached hydrogens (tertiary/aromatic N) is 5. The monoisotopic (exact) mass is 462 g/mol.